The van der Waals surface area contributed by atoms with Crippen LogP contribution in [0.5, 0.6) is 5.75 Å². The van der Waals surface area contributed by atoms with Crippen LogP contribution in [0.1, 0.15) is 27.3 Å². The van der Waals surface area contributed by atoms with E-state index in [1.165, 1.54) is 11.5 Å². The summed E-state index contributed by atoms with van der Waals surface area (Å²) in [6, 6.07) is 15.7. The molecule has 1 aliphatic heterocycles. The highest BCUT2D eigenvalue weighted by atomic mass is 32.1. The fraction of sp³-hybridized carbons (Fsp3) is 0.318. The van der Waals surface area contributed by atoms with Crippen molar-refractivity contribution < 1.29 is 9.53 Å². The molecule has 1 amide bonds. The number of carbonyl (C=O) groups is 1. The fourth-order valence-corrected chi connectivity index (χ4v) is 4.23. The molecule has 0 saturated carbocycles. The maximum Gasteiger partial charge on any atom is 0.254 e. The normalized spacial score (nSPS) is 14.1. The zero-order valence-corrected chi connectivity index (χ0v) is 17.5. The number of aryl methyl sites for hydroxylation is 1. The lowest BCUT2D eigenvalue weighted by Crippen LogP contribution is -2.48. The van der Waals surface area contributed by atoms with E-state index in [-0.39, 0.29) is 5.91 Å². The van der Waals surface area contributed by atoms with E-state index in [9.17, 15) is 4.79 Å². The van der Waals surface area contributed by atoms with E-state index in [2.05, 4.69) is 15.3 Å². The van der Waals surface area contributed by atoms with Crippen molar-refractivity contribution in [2.24, 2.45) is 0 Å². The predicted octanol–water partition coefficient (Wildman–Crippen LogP) is 3.41. The van der Waals surface area contributed by atoms with Gasteiger partial charge in [0.2, 0.25) is 5.13 Å². The van der Waals surface area contributed by atoms with Gasteiger partial charge >= 0.3 is 0 Å². The Hall–Kier alpha value is -2.93. The third-order valence-electron chi connectivity index (χ3n) is 5.17. The third kappa shape index (κ3) is 4.40. The highest BCUT2D eigenvalue weighted by molar-refractivity contribution is 7.09. The number of hydrogen-bond acceptors (Lipinski definition) is 6. The molecule has 0 spiro atoms. The van der Waals surface area contributed by atoms with E-state index in [1.54, 1.807) is 7.11 Å². The Kier molecular flexibility index (Phi) is 5.76. The van der Waals surface area contributed by atoms with E-state index in [1.807, 2.05) is 54.3 Å². The van der Waals surface area contributed by atoms with Crippen molar-refractivity contribution in [3.8, 4) is 5.75 Å². The molecule has 3 aromatic rings. The van der Waals surface area contributed by atoms with Crippen LogP contribution in [0.25, 0.3) is 0 Å². The minimum atomic E-state index is 0.110. The number of piperazine rings is 1. The van der Waals surface area contributed by atoms with Gasteiger partial charge in [-0.25, -0.2) is 4.98 Å². The maximum atomic E-state index is 12.8. The molecular formula is C22H24N4O2S. The first-order valence-electron chi connectivity index (χ1n) is 9.69. The number of rotatable bonds is 5. The van der Waals surface area contributed by atoms with Gasteiger partial charge < -0.3 is 14.5 Å². The number of nitrogens with zero attached hydrogens (tertiary/aromatic N) is 4. The number of benzene rings is 2. The van der Waals surface area contributed by atoms with E-state index in [4.69, 9.17) is 9.72 Å². The molecular weight excluding hydrogens is 384 g/mol. The van der Waals surface area contributed by atoms with Gasteiger partial charge in [0.15, 0.2) is 0 Å². The van der Waals surface area contributed by atoms with Crippen LogP contribution in [-0.4, -0.2) is 53.5 Å². The van der Waals surface area contributed by atoms with Crippen LogP contribution in [0, 0.1) is 6.92 Å². The third-order valence-corrected chi connectivity index (χ3v) is 5.98. The van der Waals surface area contributed by atoms with Crippen LogP contribution < -0.4 is 9.64 Å². The van der Waals surface area contributed by atoms with Crippen molar-refractivity contribution in [1.29, 1.82) is 0 Å². The number of amides is 1. The number of aromatic nitrogens is 2. The highest BCUT2D eigenvalue weighted by Gasteiger charge is 2.24. The van der Waals surface area contributed by atoms with E-state index in [0.29, 0.717) is 19.5 Å². The fourth-order valence-electron chi connectivity index (χ4n) is 3.49. The van der Waals surface area contributed by atoms with Crippen LogP contribution in [0.4, 0.5) is 5.13 Å². The second kappa shape index (κ2) is 8.61. The van der Waals surface area contributed by atoms with Gasteiger partial charge in [0.05, 0.1) is 7.11 Å². The van der Waals surface area contributed by atoms with Crippen molar-refractivity contribution in [3.05, 3.63) is 71.0 Å². The van der Waals surface area contributed by atoms with Gasteiger partial charge in [-0.05, 0) is 36.2 Å². The van der Waals surface area contributed by atoms with Crippen molar-refractivity contribution in [1.82, 2.24) is 14.3 Å². The smallest absolute Gasteiger partial charge is 0.254 e. The molecule has 1 saturated heterocycles. The quantitative estimate of drug-likeness (QED) is 0.648. The van der Waals surface area contributed by atoms with Gasteiger partial charge in [0.1, 0.15) is 11.6 Å². The van der Waals surface area contributed by atoms with Crippen LogP contribution >= 0.6 is 11.5 Å². The van der Waals surface area contributed by atoms with Crippen LogP contribution in [0.2, 0.25) is 0 Å². The Labute approximate surface area is 174 Å². The van der Waals surface area contributed by atoms with Gasteiger partial charge in [-0.3, -0.25) is 4.79 Å². The summed E-state index contributed by atoms with van der Waals surface area (Å²) >= 11 is 1.42. The summed E-state index contributed by atoms with van der Waals surface area (Å²) < 4.78 is 9.81. The van der Waals surface area contributed by atoms with Crippen LogP contribution in [0.15, 0.2) is 48.5 Å². The van der Waals surface area contributed by atoms with Gasteiger partial charge in [-0.15, -0.1) is 0 Å². The Morgan fingerprint density at radius 2 is 1.90 bits per heavy atom. The average molecular weight is 409 g/mol. The Balaban J connectivity index is 1.37. The van der Waals surface area contributed by atoms with Crippen LogP contribution in [0.3, 0.4) is 0 Å². The monoisotopic (exact) mass is 408 g/mol. The van der Waals surface area contributed by atoms with E-state index >= 15 is 0 Å². The van der Waals surface area contributed by atoms with Gasteiger partial charge in [-0.2, -0.15) is 4.37 Å². The Morgan fingerprint density at radius 1 is 1.10 bits per heavy atom. The number of methoxy groups -OCH3 is 1. The van der Waals surface area contributed by atoms with Crippen molar-refractivity contribution >= 4 is 22.6 Å². The molecule has 1 fully saturated rings. The molecule has 29 heavy (non-hydrogen) atoms. The number of ether oxygens (including phenoxy) is 1. The standard InChI is InChI=1S/C22H24N4O2S/c1-16-6-3-4-9-19(16)21(27)25-10-12-26(13-11-25)22-23-20(24-29-22)15-17-7-5-8-18(14-17)28-2/h3-9,14H,10-13,15H2,1-2H3. The highest BCUT2D eigenvalue weighted by Crippen LogP contribution is 2.22. The molecule has 0 radical (unpaired) electrons. The SMILES string of the molecule is COc1cccc(Cc2nsc(N3CCN(C(=O)c4ccccc4C)CC3)n2)c1. The molecule has 6 nitrogen and oxygen atoms in total. The predicted molar refractivity (Wildman–Crippen MR) is 115 cm³/mol. The van der Waals surface area contributed by atoms with Gasteiger partial charge in [0, 0.05) is 49.7 Å². The lowest BCUT2D eigenvalue weighted by molar-refractivity contribution is 0.0746. The summed E-state index contributed by atoms with van der Waals surface area (Å²) in [5.74, 6) is 1.77. The number of anilines is 1. The van der Waals surface area contributed by atoms with Crippen molar-refractivity contribution in [3.63, 3.8) is 0 Å². The van der Waals surface area contributed by atoms with Crippen molar-refractivity contribution in [2.45, 2.75) is 13.3 Å². The Morgan fingerprint density at radius 3 is 2.66 bits per heavy atom. The molecule has 0 aliphatic carbocycles. The summed E-state index contributed by atoms with van der Waals surface area (Å²) in [6.45, 7) is 4.90. The molecule has 0 atom stereocenters. The topological polar surface area (TPSA) is 58.6 Å². The molecule has 150 valence electrons. The summed E-state index contributed by atoms with van der Waals surface area (Å²) in [5.41, 5.74) is 2.94. The first kappa shape index (κ1) is 19.4. The van der Waals surface area contributed by atoms with Gasteiger partial charge in [-0.1, -0.05) is 30.3 Å². The molecule has 1 aromatic heterocycles. The molecule has 1 aliphatic rings. The summed E-state index contributed by atoms with van der Waals surface area (Å²) in [4.78, 5) is 21.7. The van der Waals surface area contributed by atoms with E-state index < -0.39 is 0 Å². The molecule has 0 N–H and O–H groups in total. The average Bonchev–Trinajstić information content (AvgIpc) is 3.22. The van der Waals surface area contributed by atoms with Gasteiger partial charge in [0.25, 0.3) is 5.91 Å². The second-order valence-corrected chi connectivity index (χ2v) is 7.85. The largest absolute Gasteiger partial charge is 0.497 e. The molecule has 0 bridgehead atoms. The lowest BCUT2D eigenvalue weighted by atomic mass is 10.1. The van der Waals surface area contributed by atoms with E-state index in [0.717, 1.165) is 46.5 Å². The number of carbonyl (C=O) groups excluding carboxylic acids is 1. The molecule has 0 unspecified atom stereocenters. The summed E-state index contributed by atoms with van der Waals surface area (Å²) in [7, 11) is 1.67. The minimum absolute atomic E-state index is 0.110. The Bertz CT molecular complexity index is 996. The molecule has 7 heteroatoms. The molecule has 2 heterocycles. The minimum Gasteiger partial charge on any atom is -0.497 e. The molecule has 2 aromatic carbocycles. The lowest BCUT2D eigenvalue weighted by Gasteiger charge is -2.34. The number of hydrogen-bond donors (Lipinski definition) is 0. The van der Waals surface area contributed by atoms with Crippen molar-refractivity contribution in [2.75, 3.05) is 38.2 Å². The summed E-state index contributed by atoms with van der Waals surface area (Å²) in [5, 5.41) is 0.922. The zero-order chi connectivity index (χ0) is 20.2. The second-order valence-electron chi connectivity index (χ2n) is 7.12. The first-order valence-corrected chi connectivity index (χ1v) is 10.5. The maximum absolute atomic E-state index is 12.8. The summed E-state index contributed by atoms with van der Waals surface area (Å²) in [6.07, 6.45) is 0.680. The first-order chi connectivity index (χ1) is 14.1. The molecule has 4 rings (SSSR count). The zero-order valence-electron chi connectivity index (χ0n) is 16.7. The van der Waals surface area contributed by atoms with Crippen LogP contribution in [-0.2, 0) is 6.42 Å².